The second-order valence-corrected chi connectivity index (χ2v) is 3.81. The zero-order valence-corrected chi connectivity index (χ0v) is 8.75. The van der Waals surface area contributed by atoms with E-state index in [0.717, 1.165) is 0 Å². The van der Waals surface area contributed by atoms with Crippen molar-refractivity contribution in [2.24, 2.45) is 0 Å². The van der Waals surface area contributed by atoms with Gasteiger partial charge in [0.2, 0.25) is 5.91 Å². The van der Waals surface area contributed by atoms with E-state index in [1.165, 1.54) is 24.3 Å². The Kier molecular flexibility index (Phi) is 2.82. The molecule has 3 nitrogen and oxygen atoms in total. The fourth-order valence-corrected chi connectivity index (χ4v) is 1.80. The molecule has 0 aliphatic carbocycles. The van der Waals surface area contributed by atoms with Crippen molar-refractivity contribution in [3.63, 3.8) is 0 Å². The van der Waals surface area contributed by atoms with Crippen LogP contribution in [0.3, 0.4) is 0 Å². The van der Waals surface area contributed by atoms with E-state index in [4.69, 9.17) is 4.74 Å². The molecule has 1 aliphatic rings. The van der Waals surface area contributed by atoms with Gasteiger partial charge in [0.05, 0.1) is 6.61 Å². The minimum atomic E-state index is -4.61. The number of ether oxygens (including phenoxy) is 1. The maximum atomic E-state index is 13.2. The number of morpholine rings is 1. The molecule has 2 rings (SSSR count). The molecule has 0 aromatic heterocycles. The summed E-state index contributed by atoms with van der Waals surface area (Å²) in [5, 5.41) is 2.00. The maximum absolute atomic E-state index is 13.2. The van der Waals surface area contributed by atoms with E-state index in [-0.39, 0.29) is 12.2 Å². The number of amides is 1. The molecule has 1 saturated heterocycles. The summed E-state index contributed by atoms with van der Waals surface area (Å²) in [7, 11) is 0. The summed E-state index contributed by atoms with van der Waals surface area (Å²) in [5.41, 5.74) is -2.47. The molecule has 1 atom stereocenters. The van der Waals surface area contributed by atoms with E-state index in [1.807, 2.05) is 5.32 Å². The highest BCUT2D eigenvalue weighted by atomic mass is 19.4. The van der Waals surface area contributed by atoms with Gasteiger partial charge in [-0.15, -0.1) is 0 Å². The van der Waals surface area contributed by atoms with Crippen LogP contribution in [0.2, 0.25) is 0 Å². The third kappa shape index (κ3) is 2.00. The largest absolute Gasteiger partial charge is 0.418 e. The molecule has 1 aromatic rings. The SMILES string of the molecule is O=C1COCC(c2ccccc2)(C(F)(F)F)N1. The van der Waals surface area contributed by atoms with Crippen LogP contribution >= 0.6 is 0 Å². The predicted octanol–water partition coefficient (Wildman–Crippen LogP) is 1.59. The van der Waals surface area contributed by atoms with Gasteiger partial charge in [-0.1, -0.05) is 30.3 Å². The lowest BCUT2D eigenvalue weighted by Crippen LogP contribution is -2.62. The summed E-state index contributed by atoms with van der Waals surface area (Å²) < 4.78 is 44.2. The molecule has 1 unspecified atom stereocenters. The molecule has 0 saturated carbocycles. The smallest absolute Gasteiger partial charge is 0.368 e. The van der Waals surface area contributed by atoms with Gasteiger partial charge in [0.15, 0.2) is 5.54 Å². The lowest BCUT2D eigenvalue weighted by molar-refractivity contribution is -0.226. The molecule has 0 bridgehead atoms. The highest BCUT2D eigenvalue weighted by Gasteiger charge is 2.58. The predicted molar refractivity (Wildman–Crippen MR) is 53.1 cm³/mol. The Balaban J connectivity index is 2.48. The number of hydrogen-bond acceptors (Lipinski definition) is 2. The molecule has 1 aromatic carbocycles. The summed E-state index contributed by atoms with van der Waals surface area (Å²) in [6.07, 6.45) is -4.61. The summed E-state index contributed by atoms with van der Waals surface area (Å²) in [4.78, 5) is 11.2. The minimum Gasteiger partial charge on any atom is -0.368 e. The summed E-state index contributed by atoms with van der Waals surface area (Å²) >= 11 is 0. The molecule has 1 fully saturated rings. The van der Waals surface area contributed by atoms with Crippen LogP contribution < -0.4 is 5.32 Å². The van der Waals surface area contributed by atoms with E-state index in [2.05, 4.69) is 0 Å². The van der Waals surface area contributed by atoms with Gasteiger partial charge in [0.25, 0.3) is 0 Å². The van der Waals surface area contributed by atoms with Crippen molar-refractivity contribution >= 4 is 5.91 Å². The number of carbonyl (C=O) groups is 1. The maximum Gasteiger partial charge on any atom is 0.418 e. The van der Waals surface area contributed by atoms with Crippen molar-refractivity contribution in [1.82, 2.24) is 5.32 Å². The first-order chi connectivity index (χ1) is 7.96. The lowest BCUT2D eigenvalue weighted by Gasteiger charge is -2.39. The van der Waals surface area contributed by atoms with Crippen molar-refractivity contribution in [2.75, 3.05) is 13.2 Å². The first-order valence-electron chi connectivity index (χ1n) is 4.97. The Morgan fingerprint density at radius 1 is 1.24 bits per heavy atom. The standard InChI is InChI=1S/C11H10F3NO2/c12-11(13,14)10(7-17-6-9(16)15-10)8-4-2-1-3-5-8/h1-5H,6-7H2,(H,15,16). The van der Waals surface area contributed by atoms with Gasteiger partial charge in [-0.3, -0.25) is 4.79 Å². The number of hydrogen-bond donors (Lipinski definition) is 1. The van der Waals surface area contributed by atoms with Gasteiger partial charge in [-0.05, 0) is 5.56 Å². The van der Waals surface area contributed by atoms with Crippen molar-refractivity contribution in [3.05, 3.63) is 35.9 Å². The van der Waals surface area contributed by atoms with Crippen molar-refractivity contribution in [3.8, 4) is 0 Å². The highest BCUT2D eigenvalue weighted by molar-refractivity contribution is 5.79. The molecule has 0 radical (unpaired) electrons. The second-order valence-electron chi connectivity index (χ2n) is 3.81. The second kappa shape index (κ2) is 4.03. The number of benzene rings is 1. The van der Waals surface area contributed by atoms with Crippen LogP contribution in [-0.2, 0) is 15.1 Å². The van der Waals surface area contributed by atoms with Crippen molar-refractivity contribution < 1.29 is 22.7 Å². The van der Waals surface area contributed by atoms with Gasteiger partial charge < -0.3 is 10.1 Å². The van der Waals surface area contributed by atoms with Crippen LogP contribution in [-0.4, -0.2) is 25.3 Å². The normalized spacial score (nSPS) is 25.5. The molecule has 1 N–H and O–H groups in total. The topological polar surface area (TPSA) is 38.3 Å². The molecule has 0 spiro atoms. The Morgan fingerprint density at radius 3 is 2.41 bits per heavy atom. The van der Waals surface area contributed by atoms with Gasteiger partial charge in [-0.2, -0.15) is 13.2 Å². The average molecular weight is 245 g/mol. The van der Waals surface area contributed by atoms with Crippen LogP contribution in [0.1, 0.15) is 5.56 Å². The van der Waals surface area contributed by atoms with Gasteiger partial charge in [-0.25, -0.2) is 0 Å². The molecule has 17 heavy (non-hydrogen) atoms. The van der Waals surface area contributed by atoms with Crippen LogP contribution in [0.25, 0.3) is 0 Å². The van der Waals surface area contributed by atoms with Gasteiger partial charge >= 0.3 is 6.18 Å². The first kappa shape index (κ1) is 11.9. The van der Waals surface area contributed by atoms with E-state index in [1.54, 1.807) is 6.07 Å². The van der Waals surface area contributed by atoms with Crippen LogP contribution in [0, 0.1) is 0 Å². The molecule has 1 amide bonds. The Morgan fingerprint density at radius 2 is 1.88 bits per heavy atom. The molecule has 1 heterocycles. The fourth-order valence-electron chi connectivity index (χ4n) is 1.80. The number of nitrogens with one attached hydrogen (secondary N) is 1. The summed E-state index contributed by atoms with van der Waals surface area (Å²) in [6.45, 7) is -0.948. The fraction of sp³-hybridized carbons (Fsp3) is 0.364. The molecule has 1 aliphatic heterocycles. The molecule has 92 valence electrons. The third-order valence-electron chi connectivity index (χ3n) is 2.66. The molecular formula is C11H10F3NO2. The Labute approximate surface area is 95.6 Å². The number of alkyl halides is 3. The van der Waals surface area contributed by atoms with E-state index < -0.39 is 24.2 Å². The Hall–Kier alpha value is -1.56. The van der Waals surface area contributed by atoms with E-state index >= 15 is 0 Å². The van der Waals surface area contributed by atoms with Crippen LogP contribution in [0.15, 0.2) is 30.3 Å². The van der Waals surface area contributed by atoms with Gasteiger partial charge in [0, 0.05) is 0 Å². The minimum absolute atomic E-state index is 0.0273. The summed E-state index contributed by atoms with van der Waals surface area (Å²) in [6, 6.07) is 7.23. The lowest BCUT2D eigenvalue weighted by atomic mass is 9.89. The van der Waals surface area contributed by atoms with Crippen LogP contribution in [0.4, 0.5) is 13.2 Å². The van der Waals surface area contributed by atoms with Gasteiger partial charge in [0.1, 0.15) is 6.61 Å². The van der Waals surface area contributed by atoms with Crippen molar-refractivity contribution in [1.29, 1.82) is 0 Å². The zero-order valence-electron chi connectivity index (χ0n) is 8.75. The van der Waals surface area contributed by atoms with E-state index in [0.29, 0.717) is 0 Å². The first-order valence-corrected chi connectivity index (χ1v) is 4.97. The number of rotatable bonds is 1. The monoisotopic (exact) mass is 245 g/mol. The van der Waals surface area contributed by atoms with Crippen molar-refractivity contribution in [2.45, 2.75) is 11.7 Å². The summed E-state index contributed by atoms with van der Waals surface area (Å²) in [5.74, 6) is -0.766. The Bertz CT molecular complexity index is 418. The quantitative estimate of drug-likeness (QED) is 0.816. The number of halogens is 3. The third-order valence-corrected chi connectivity index (χ3v) is 2.66. The van der Waals surface area contributed by atoms with E-state index in [9.17, 15) is 18.0 Å². The molecule has 6 heteroatoms. The average Bonchev–Trinajstić information content (AvgIpc) is 2.28. The van der Waals surface area contributed by atoms with Crippen LogP contribution in [0.5, 0.6) is 0 Å². The zero-order chi connectivity index (χ0) is 12.5. The molecular weight excluding hydrogens is 235 g/mol. The highest BCUT2D eigenvalue weighted by Crippen LogP contribution is 2.40. The number of carbonyl (C=O) groups excluding carboxylic acids is 1.